The van der Waals surface area contributed by atoms with Crippen LogP contribution in [0.25, 0.3) is 10.9 Å². The molecule has 23 heavy (non-hydrogen) atoms. The number of hydrogen-bond donors (Lipinski definition) is 3. The minimum Gasteiger partial charge on any atom is -0.506 e. The predicted octanol–water partition coefficient (Wildman–Crippen LogP) is 1.39. The molecule has 0 saturated carbocycles. The monoisotopic (exact) mass is 308 g/mol. The van der Waals surface area contributed by atoms with Gasteiger partial charge >= 0.3 is 0 Å². The molecule has 0 radical (unpaired) electrons. The zero-order valence-electron chi connectivity index (χ0n) is 11.9. The number of rotatable bonds is 3. The molecule has 114 valence electrons. The number of para-hydroxylation sites is 1. The Bertz CT molecular complexity index is 948. The molecular formula is C16H12N4O3. The molecule has 1 aromatic carbocycles. The fraction of sp³-hybridized carbons (Fsp3) is 0. The van der Waals surface area contributed by atoms with E-state index in [1.165, 1.54) is 24.5 Å². The SMILES string of the molecule is O=C(NN=Cc1cc(=O)c2cccc(O)c2[nH]1)c1ccccn1. The van der Waals surface area contributed by atoms with Crippen molar-refractivity contribution in [3.05, 3.63) is 70.3 Å². The molecular weight excluding hydrogens is 296 g/mol. The van der Waals surface area contributed by atoms with E-state index in [2.05, 4.69) is 20.5 Å². The van der Waals surface area contributed by atoms with Gasteiger partial charge in [0.25, 0.3) is 5.91 Å². The van der Waals surface area contributed by atoms with Gasteiger partial charge in [0.15, 0.2) is 5.43 Å². The normalized spacial score (nSPS) is 11.0. The number of fused-ring (bicyclic) bond motifs is 1. The molecule has 0 fully saturated rings. The van der Waals surface area contributed by atoms with E-state index in [1.54, 1.807) is 30.3 Å². The largest absolute Gasteiger partial charge is 0.506 e. The number of aromatic nitrogens is 2. The Morgan fingerprint density at radius 3 is 2.91 bits per heavy atom. The average molecular weight is 308 g/mol. The molecule has 0 aliphatic rings. The number of hydrogen-bond acceptors (Lipinski definition) is 5. The lowest BCUT2D eigenvalue weighted by Crippen LogP contribution is -2.19. The van der Waals surface area contributed by atoms with E-state index >= 15 is 0 Å². The summed E-state index contributed by atoms with van der Waals surface area (Å²) >= 11 is 0. The van der Waals surface area contributed by atoms with E-state index in [0.29, 0.717) is 16.6 Å². The van der Waals surface area contributed by atoms with E-state index in [4.69, 9.17) is 0 Å². The molecule has 7 heteroatoms. The second-order valence-corrected chi connectivity index (χ2v) is 4.70. The number of hydrazone groups is 1. The number of aromatic hydroxyl groups is 1. The number of nitrogens with zero attached hydrogens (tertiary/aromatic N) is 2. The van der Waals surface area contributed by atoms with Crippen molar-refractivity contribution in [3.8, 4) is 5.75 Å². The van der Waals surface area contributed by atoms with Crippen molar-refractivity contribution in [3.63, 3.8) is 0 Å². The maximum absolute atomic E-state index is 12.0. The Morgan fingerprint density at radius 1 is 1.26 bits per heavy atom. The van der Waals surface area contributed by atoms with Crippen molar-refractivity contribution in [2.24, 2.45) is 5.10 Å². The number of nitrogens with one attached hydrogen (secondary N) is 2. The number of phenolic OH excluding ortho intramolecular Hbond substituents is 1. The Balaban J connectivity index is 1.83. The van der Waals surface area contributed by atoms with Gasteiger partial charge in [-0.25, -0.2) is 5.43 Å². The number of benzene rings is 1. The molecule has 3 rings (SSSR count). The summed E-state index contributed by atoms with van der Waals surface area (Å²) in [4.78, 5) is 30.5. The second-order valence-electron chi connectivity index (χ2n) is 4.70. The topological polar surface area (TPSA) is 107 Å². The van der Waals surface area contributed by atoms with Crippen LogP contribution in [-0.4, -0.2) is 27.2 Å². The van der Waals surface area contributed by atoms with Crippen molar-refractivity contribution in [1.82, 2.24) is 15.4 Å². The fourth-order valence-electron chi connectivity index (χ4n) is 2.06. The number of H-pyrrole nitrogens is 1. The minimum atomic E-state index is -0.465. The highest BCUT2D eigenvalue weighted by molar-refractivity contribution is 5.93. The van der Waals surface area contributed by atoms with E-state index in [0.717, 1.165) is 0 Å². The molecule has 0 bridgehead atoms. The van der Waals surface area contributed by atoms with Gasteiger partial charge in [-0.05, 0) is 24.3 Å². The summed E-state index contributed by atoms with van der Waals surface area (Å²) in [6, 6.07) is 11.0. The lowest BCUT2D eigenvalue weighted by molar-refractivity contribution is 0.0950. The highest BCUT2D eigenvalue weighted by Gasteiger charge is 2.06. The molecule has 1 amide bonds. The molecule has 2 aromatic heterocycles. The first-order valence-electron chi connectivity index (χ1n) is 6.74. The van der Waals surface area contributed by atoms with Crippen LogP contribution in [0.2, 0.25) is 0 Å². The average Bonchev–Trinajstić information content (AvgIpc) is 2.57. The van der Waals surface area contributed by atoms with Crippen molar-refractivity contribution in [2.45, 2.75) is 0 Å². The molecule has 0 saturated heterocycles. The van der Waals surface area contributed by atoms with Gasteiger partial charge in [-0.2, -0.15) is 5.10 Å². The Morgan fingerprint density at radius 2 is 2.13 bits per heavy atom. The third-order valence-electron chi connectivity index (χ3n) is 3.13. The van der Waals surface area contributed by atoms with Crippen LogP contribution in [0.3, 0.4) is 0 Å². The third kappa shape index (κ3) is 3.08. The number of amides is 1. The Hall–Kier alpha value is -3.48. The van der Waals surface area contributed by atoms with Crippen LogP contribution in [0.1, 0.15) is 16.2 Å². The van der Waals surface area contributed by atoms with Gasteiger partial charge in [0.2, 0.25) is 0 Å². The summed E-state index contributed by atoms with van der Waals surface area (Å²) in [7, 11) is 0. The number of pyridine rings is 2. The van der Waals surface area contributed by atoms with Gasteiger partial charge in [-0.15, -0.1) is 0 Å². The van der Waals surface area contributed by atoms with Crippen LogP contribution in [0.5, 0.6) is 5.75 Å². The van der Waals surface area contributed by atoms with Crippen molar-refractivity contribution < 1.29 is 9.90 Å². The van der Waals surface area contributed by atoms with Crippen LogP contribution in [-0.2, 0) is 0 Å². The summed E-state index contributed by atoms with van der Waals surface area (Å²) in [5.74, 6) is -0.500. The van der Waals surface area contributed by atoms with Gasteiger partial charge < -0.3 is 10.1 Å². The molecule has 0 atom stereocenters. The molecule has 0 aliphatic carbocycles. The van der Waals surface area contributed by atoms with E-state index in [1.807, 2.05) is 0 Å². The standard InChI is InChI=1S/C16H12N4O3/c21-13-6-3-4-11-14(22)8-10(19-15(11)13)9-18-20-16(23)12-5-1-2-7-17-12/h1-9,21H,(H,19,22)(H,20,23). The predicted molar refractivity (Wildman–Crippen MR) is 85.5 cm³/mol. The van der Waals surface area contributed by atoms with Crippen molar-refractivity contribution >= 4 is 23.0 Å². The van der Waals surface area contributed by atoms with Crippen molar-refractivity contribution in [1.29, 1.82) is 0 Å². The lowest BCUT2D eigenvalue weighted by atomic mass is 10.2. The molecule has 0 unspecified atom stereocenters. The summed E-state index contributed by atoms with van der Waals surface area (Å²) in [5, 5.41) is 13.9. The zero-order valence-corrected chi connectivity index (χ0v) is 11.9. The molecule has 0 aliphatic heterocycles. The van der Waals surface area contributed by atoms with E-state index in [-0.39, 0.29) is 16.9 Å². The molecule has 2 heterocycles. The van der Waals surface area contributed by atoms with Gasteiger partial charge in [0.1, 0.15) is 11.4 Å². The van der Waals surface area contributed by atoms with Crippen LogP contribution in [0, 0.1) is 0 Å². The zero-order chi connectivity index (χ0) is 16.2. The summed E-state index contributed by atoms with van der Waals surface area (Å²) in [6.07, 6.45) is 2.79. The highest BCUT2D eigenvalue weighted by atomic mass is 16.3. The van der Waals surface area contributed by atoms with E-state index in [9.17, 15) is 14.7 Å². The van der Waals surface area contributed by atoms with Crippen LogP contribution in [0.15, 0.2) is 58.6 Å². The van der Waals surface area contributed by atoms with Gasteiger partial charge in [0, 0.05) is 17.6 Å². The quantitative estimate of drug-likeness (QED) is 0.502. The van der Waals surface area contributed by atoms with Crippen LogP contribution < -0.4 is 10.9 Å². The number of carbonyl (C=O) groups excluding carboxylic acids is 1. The van der Waals surface area contributed by atoms with Gasteiger partial charge in [-0.3, -0.25) is 14.6 Å². The summed E-state index contributed by atoms with van der Waals surface area (Å²) in [5.41, 5.74) is 2.96. The number of phenols is 1. The summed E-state index contributed by atoms with van der Waals surface area (Å²) in [6.45, 7) is 0. The minimum absolute atomic E-state index is 0.0348. The van der Waals surface area contributed by atoms with Crippen LogP contribution >= 0.6 is 0 Å². The van der Waals surface area contributed by atoms with Crippen molar-refractivity contribution in [2.75, 3.05) is 0 Å². The van der Waals surface area contributed by atoms with Crippen LogP contribution in [0.4, 0.5) is 0 Å². The first-order chi connectivity index (χ1) is 11.1. The molecule has 0 spiro atoms. The highest BCUT2D eigenvalue weighted by Crippen LogP contribution is 2.19. The maximum atomic E-state index is 12.0. The smallest absolute Gasteiger partial charge is 0.289 e. The number of carbonyl (C=O) groups is 1. The van der Waals surface area contributed by atoms with E-state index < -0.39 is 5.91 Å². The Labute approximate surface area is 130 Å². The number of aromatic amines is 1. The third-order valence-corrected chi connectivity index (χ3v) is 3.13. The first-order valence-corrected chi connectivity index (χ1v) is 6.74. The molecule has 3 aromatic rings. The summed E-state index contributed by atoms with van der Waals surface area (Å²) < 4.78 is 0. The van der Waals surface area contributed by atoms with Gasteiger partial charge in [0.05, 0.1) is 17.4 Å². The lowest BCUT2D eigenvalue weighted by Gasteiger charge is -2.02. The second kappa shape index (κ2) is 6.10. The molecule has 7 nitrogen and oxygen atoms in total. The molecule has 3 N–H and O–H groups in total. The maximum Gasteiger partial charge on any atom is 0.289 e. The Kier molecular flexibility index (Phi) is 3.84. The fourth-order valence-corrected chi connectivity index (χ4v) is 2.06. The van der Waals surface area contributed by atoms with Gasteiger partial charge in [-0.1, -0.05) is 12.1 Å². The first kappa shape index (κ1) is 14.5.